The molecule has 7 heteroatoms. The van der Waals surface area contributed by atoms with Crippen molar-refractivity contribution in [2.45, 2.75) is 19.3 Å². The van der Waals surface area contributed by atoms with Crippen LogP contribution in [-0.4, -0.2) is 30.8 Å². The number of rotatable bonds is 2. The van der Waals surface area contributed by atoms with E-state index in [1.807, 2.05) is 17.8 Å². The second kappa shape index (κ2) is 4.69. The highest BCUT2D eigenvalue weighted by molar-refractivity contribution is 9.10. The van der Waals surface area contributed by atoms with Crippen LogP contribution >= 0.6 is 15.9 Å². The van der Waals surface area contributed by atoms with Crippen molar-refractivity contribution in [2.75, 3.05) is 0 Å². The van der Waals surface area contributed by atoms with Gasteiger partial charge in [0.25, 0.3) is 0 Å². The van der Waals surface area contributed by atoms with Crippen LogP contribution < -0.4 is 0 Å². The maximum Gasteiger partial charge on any atom is 0.338 e. The molecule has 122 valence electrons. The van der Waals surface area contributed by atoms with Gasteiger partial charge in [-0.15, -0.1) is 0 Å². The Morgan fingerprint density at radius 1 is 1.38 bits per heavy atom. The van der Waals surface area contributed by atoms with E-state index >= 15 is 0 Å². The number of imidazole rings is 1. The number of carboxylic acid groups (broad SMARTS) is 1. The monoisotopic (exact) mass is 386 g/mol. The molecule has 2 aromatic heterocycles. The van der Waals surface area contributed by atoms with Crippen molar-refractivity contribution >= 4 is 32.9 Å². The van der Waals surface area contributed by atoms with Crippen molar-refractivity contribution in [2.24, 2.45) is 18.9 Å². The van der Waals surface area contributed by atoms with Gasteiger partial charge >= 0.3 is 5.97 Å². The van der Waals surface area contributed by atoms with Gasteiger partial charge in [0, 0.05) is 22.8 Å². The summed E-state index contributed by atoms with van der Waals surface area (Å²) in [6.07, 6.45) is 3.45. The van der Waals surface area contributed by atoms with E-state index in [-0.39, 0.29) is 5.56 Å². The van der Waals surface area contributed by atoms with Gasteiger partial charge in [-0.3, -0.25) is 4.68 Å². The lowest BCUT2D eigenvalue weighted by Gasteiger charge is -2.11. The van der Waals surface area contributed by atoms with E-state index < -0.39 is 5.97 Å². The van der Waals surface area contributed by atoms with Gasteiger partial charge < -0.3 is 10.1 Å². The van der Waals surface area contributed by atoms with E-state index in [1.165, 1.54) is 17.7 Å². The van der Waals surface area contributed by atoms with Crippen LogP contribution in [0.5, 0.6) is 0 Å². The predicted octanol–water partition coefficient (Wildman–Crippen LogP) is 3.16. The van der Waals surface area contributed by atoms with Crippen LogP contribution in [0, 0.1) is 11.8 Å². The normalized spacial score (nSPS) is 21.6. The Morgan fingerprint density at radius 2 is 2.17 bits per heavy atom. The molecule has 1 fully saturated rings. The molecule has 3 aromatic rings. The zero-order chi connectivity index (χ0) is 16.6. The Labute approximate surface area is 146 Å². The van der Waals surface area contributed by atoms with Crippen molar-refractivity contribution < 1.29 is 9.90 Å². The molecule has 0 saturated heterocycles. The van der Waals surface area contributed by atoms with Crippen LogP contribution in [0.25, 0.3) is 22.6 Å². The quantitative estimate of drug-likeness (QED) is 0.708. The third kappa shape index (κ3) is 1.97. The van der Waals surface area contributed by atoms with E-state index in [0.717, 1.165) is 30.4 Å². The molecule has 24 heavy (non-hydrogen) atoms. The molecule has 2 atom stereocenters. The SMILES string of the molecule is Cn1nc(-c2nc3c(C(=O)O)cc(Br)cc3[nH]2)c2c1CC1CC1C2. The van der Waals surface area contributed by atoms with Crippen molar-refractivity contribution in [3.63, 3.8) is 0 Å². The summed E-state index contributed by atoms with van der Waals surface area (Å²) < 4.78 is 2.67. The number of nitrogens with one attached hydrogen (secondary N) is 1. The summed E-state index contributed by atoms with van der Waals surface area (Å²) in [7, 11) is 1.98. The number of aromatic nitrogens is 4. The molecule has 5 rings (SSSR count). The Hall–Kier alpha value is -2.15. The van der Waals surface area contributed by atoms with Crippen molar-refractivity contribution in [3.8, 4) is 11.5 Å². The summed E-state index contributed by atoms with van der Waals surface area (Å²) in [6.45, 7) is 0. The van der Waals surface area contributed by atoms with E-state index in [0.29, 0.717) is 21.3 Å². The minimum Gasteiger partial charge on any atom is -0.478 e. The number of hydrogen-bond donors (Lipinski definition) is 2. The first-order valence-corrected chi connectivity index (χ1v) is 8.78. The van der Waals surface area contributed by atoms with Gasteiger partial charge in [-0.25, -0.2) is 9.78 Å². The fraction of sp³-hybridized carbons (Fsp3) is 0.353. The molecule has 2 unspecified atom stereocenters. The summed E-state index contributed by atoms with van der Waals surface area (Å²) in [6, 6.07) is 3.43. The molecular formula is C17H15BrN4O2. The van der Waals surface area contributed by atoms with Gasteiger partial charge in [0.05, 0.1) is 11.1 Å². The highest BCUT2D eigenvalue weighted by atomic mass is 79.9. The van der Waals surface area contributed by atoms with E-state index in [9.17, 15) is 9.90 Å². The lowest BCUT2D eigenvalue weighted by molar-refractivity contribution is 0.0699. The molecule has 2 heterocycles. The minimum absolute atomic E-state index is 0.189. The highest BCUT2D eigenvalue weighted by Crippen LogP contribution is 2.49. The molecule has 1 aromatic carbocycles. The largest absolute Gasteiger partial charge is 0.478 e. The Balaban J connectivity index is 1.71. The fourth-order valence-electron chi connectivity index (χ4n) is 3.94. The van der Waals surface area contributed by atoms with Crippen LogP contribution in [0.3, 0.4) is 0 Å². The number of aromatic carboxylic acids is 1. The van der Waals surface area contributed by atoms with E-state index in [2.05, 4.69) is 31.0 Å². The number of carboxylic acids is 1. The number of H-pyrrole nitrogens is 1. The number of hydrogen-bond acceptors (Lipinski definition) is 3. The Kier molecular flexibility index (Phi) is 2.78. The van der Waals surface area contributed by atoms with Crippen LogP contribution in [0.1, 0.15) is 28.0 Å². The smallest absolute Gasteiger partial charge is 0.338 e. The summed E-state index contributed by atoms with van der Waals surface area (Å²) in [5.41, 5.74) is 4.79. The zero-order valence-corrected chi connectivity index (χ0v) is 14.6. The Bertz CT molecular complexity index is 1020. The van der Waals surface area contributed by atoms with Gasteiger partial charge in [-0.05, 0) is 43.2 Å². The second-order valence-electron chi connectivity index (χ2n) is 6.80. The van der Waals surface area contributed by atoms with Gasteiger partial charge in [-0.2, -0.15) is 5.10 Å². The number of nitrogens with zero attached hydrogens (tertiary/aromatic N) is 3. The van der Waals surface area contributed by atoms with Crippen molar-refractivity contribution in [3.05, 3.63) is 33.4 Å². The standard InChI is InChI=1S/C17H15BrN4O2/c1-22-13-4-8-2-7(8)3-10(13)15(21-22)16-19-12-6-9(18)5-11(17(23)24)14(12)20-16/h5-8H,2-4H2,1H3,(H,19,20)(H,23,24). The molecular weight excluding hydrogens is 372 g/mol. The van der Waals surface area contributed by atoms with Gasteiger partial charge in [0.1, 0.15) is 11.2 Å². The van der Waals surface area contributed by atoms with Crippen LogP contribution in [-0.2, 0) is 19.9 Å². The average molecular weight is 387 g/mol. The predicted molar refractivity (Wildman–Crippen MR) is 92.0 cm³/mol. The first-order valence-electron chi connectivity index (χ1n) is 7.99. The highest BCUT2D eigenvalue weighted by Gasteiger charge is 2.43. The first kappa shape index (κ1) is 14.2. The number of fused-ring (bicyclic) bond motifs is 3. The van der Waals surface area contributed by atoms with Gasteiger partial charge in [-0.1, -0.05) is 15.9 Å². The topological polar surface area (TPSA) is 83.8 Å². The number of halogens is 1. The maximum atomic E-state index is 11.5. The van der Waals surface area contributed by atoms with E-state index in [4.69, 9.17) is 0 Å². The van der Waals surface area contributed by atoms with Gasteiger partial charge in [0.15, 0.2) is 5.82 Å². The molecule has 6 nitrogen and oxygen atoms in total. The molecule has 0 radical (unpaired) electrons. The van der Waals surface area contributed by atoms with Crippen LogP contribution in [0.15, 0.2) is 16.6 Å². The molecule has 0 amide bonds. The number of aromatic amines is 1. The fourth-order valence-corrected chi connectivity index (χ4v) is 4.40. The van der Waals surface area contributed by atoms with Crippen molar-refractivity contribution in [1.82, 2.24) is 19.7 Å². The molecule has 2 N–H and O–H groups in total. The minimum atomic E-state index is -0.983. The molecule has 0 bridgehead atoms. The third-order valence-electron chi connectivity index (χ3n) is 5.27. The molecule has 0 spiro atoms. The van der Waals surface area contributed by atoms with Crippen LogP contribution in [0.4, 0.5) is 0 Å². The van der Waals surface area contributed by atoms with Gasteiger partial charge in [0.2, 0.25) is 0 Å². The maximum absolute atomic E-state index is 11.5. The lowest BCUT2D eigenvalue weighted by atomic mass is 9.95. The third-order valence-corrected chi connectivity index (χ3v) is 5.73. The van der Waals surface area contributed by atoms with Crippen LogP contribution in [0.2, 0.25) is 0 Å². The Morgan fingerprint density at radius 3 is 2.96 bits per heavy atom. The number of benzene rings is 1. The summed E-state index contributed by atoms with van der Waals surface area (Å²) in [4.78, 5) is 19.3. The molecule has 2 aliphatic rings. The lowest BCUT2D eigenvalue weighted by Crippen LogP contribution is -2.08. The molecule has 0 aliphatic heterocycles. The second-order valence-corrected chi connectivity index (χ2v) is 7.72. The molecule has 1 saturated carbocycles. The average Bonchev–Trinajstić information content (AvgIpc) is 3.06. The molecule has 2 aliphatic carbocycles. The summed E-state index contributed by atoms with van der Waals surface area (Å²) in [5, 5.41) is 14.1. The number of aryl methyl sites for hydroxylation is 1. The zero-order valence-electron chi connectivity index (χ0n) is 13.0. The first-order chi connectivity index (χ1) is 11.5. The summed E-state index contributed by atoms with van der Waals surface area (Å²) >= 11 is 3.36. The summed E-state index contributed by atoms with van der Waals surface area (Å²) in [5.74, 6) is 1.28. The number of carbonyl (C=O) groups is 1. The van der Waals surface area contributed by atoms with E-state index in [1.54, 1.807) is 6.07 Å². The van der Waals surface area contributed by atoms with Crippen molar-refractivity contribution in [1.29, 1.82) is 0 Å².